The summed E-state index contributed by atoms with van der Waals surface area (Å²) in [5.41, 5.74) is 8.02. The zero-order chi connectivity index (χ0) is 29.5. The van der Waals surface area contributed by atoms with E-state index in [-0.39, 0.29) is 38.6 Å². The Balaban J connectivity index is 1.65. The van der Waals surface area contributed by atoms with Crippen molar-refractivity contribution in [1.29, 1.82) is 5.26 Å². The number of nitrogens with zero attached hydrogens (tertiary/aromatic N) is 1. The molecule has 0 spiro atoms. The van der Waals surface area contributed by atoms with Gasteiger partial charge in [0, 0.05) is 11.6 Å². The number of esters is 1. The van der Waals surface area contributed by atoms with Crippen LogP contribution in [0.25, 0.3) is 0 Å². The molecule has 41 heavy (non-hydrogen) atoms. The van der Waals surface area contributed by atoms with Crippen LogP contribution >= 0.6 is 23.2 Å². The van der Waals surface area contributed by atoms with Crippen LogP contribution < -0.4 is 29.4 Å². The lowest BCUT2D eigenvalue weighted by Gasteiger charge is -2.27. The number of hydrogen-bond acceptors (Lipinski definition) is 8. The topological polar surface area (TPSA) is 113 Å². The smallest absolute Gasteiger partial charge is 0.343 e. The Morgan fingerprint density at radius 1 is 1.02 bits per heavy atom. The molecule has 214 valence electrons. The highest BCUT2D eigenvalue weighted by molar-refractivity contribution is 6.37. The molecule has 3 aromatic rings. The van der Waals surface area contributed by atoms with E-state index in [1.165, 1.54) is 19.2 Å². The first-order valence-electron chi connectivity index (χ1n) is 13.2. The fourth-order valence-corrected chi connectivity index (χ4v) is 5.15. The maximum Gasteiger partial charge on any atom is 0.343 e. The molecule has 0 aromatic heterocycles. The zero-order valence-electron chi connectivity index (χ0n) is 23.0. The van der Waals surface area contributed by atoms with Crippen LogP contribution in [-0.4, -0.2) is 26.3 Å². The molecule has 2 N–H and O–H groups in total. The Morgan fingerprint density at radius 3 is 2.44 bits per heavy atom. The van der Waals surface area contributed by atoms with Gasteiger partial charge in [-0.05, 0) is 49.2 Å². The molecule has 1 heterocycles. The molecule has 3 aromatic carbocycles. The monoisotopic (exact) mass is 596 g/mol. The largest absolute Gasteiger partial charge is 0.494 e. The number of methoxy groups -OCH3 is 1. The maximum atomic E-state index is 12.9. The molecule has 4 rings (SSSR count). The predicted molar refractivity (Wildman–Crippen MR) is 156 cm³/mol. The van der Waals surface area contributed by atoms with Crippen molar-refractivity contribution < 1.29 is 28.5 Å². The van der Waals surface area contributed by atoms with E-state index in [1.54, 1.807) is 18.2 Å². The summed E-state index contributed by atoms with van der Waals surface area (Å²) in [6.45, 7) is 5.06. The first-order valence-corrected chi connectivity index (χ1v) is 13.9. The Bertz CT molecular complexity index is 1490. The molecule has 0 amide bonds. The van der Waals surface area contributed by atoms with Gasteiger partial charge in [-0.2, -0.15) is 5.26 Å². The van der Waals surface area contributed by atoms with Crippen LogP contribution in [0.15, 0.2) is 60.0 Å². The molecular formula is C31H30Cl2N2O6. The number of ether oxygens (including phenoxy) is 5. The lowest BCUT2D eigenvalue weighted by Crippen LogP contribution is -2.21. The van der Waals surface area contributed by atoms with Gasteiger partial charge in [-0.15, -0.1) is 0 Å². The summed E-state index contributed by atoms with van der Waals surface area (Å²) in [4.78, 5) is 12.9. The van der Waals surface area contributed by atoms with Crippen molar-refractivity contribution in [1.82, 2.24) is 0 Å². The van der Waals surface area contributed by atoms with Gasteiger partial charge in [0.05, 0.1) is 41.9 Å². The fraction of sp³-hybridized carbons (Fsp3) is 0.290. The van der Waals surface area contributed by atoms with Crippen molar-refractivity contribution in [3.63, 3.8) is 0 Å². The summed E-state index contributed by atoms with van der Waals surface area (Å²) in [5, 5.41) is 10.3. The van der Waals surface area contributed by atoms with Crippen LogP contribution in [0, 0.1) is 11.3 Å². The van der Waals surface area contributed by atoms with Crippen molar-refractivity contribution in [2.75, 3.05) is 20.3 Å². The van der Waals surface area contributed by atoms with E-state index in [0.29, 0.717) is 36.0 Å². The molecule has 0 aliphatic carbocycles. The van der Waals surface area contributed by atoms with Gasteiger partial charge in [0.2, 0.25) is 5.88 Å². The van der Waals surface area contributed by atoms with E-state index in [9.17, 15) is 10.1 Å². The van der Waals surface area contributed by atoms with Crippen molar-refractivity contribution in [2.45, 2.75) is 39.0 Å². The number of carbonyl (C=O) groups excluding carboxylic acids is 1. The normalized spacial score (nSPS) is 14.0. The summed E-state index contributed by atoms with van der Waals surface area (Å²) >= 11 is 12.3. The summed E-state index contributed by atoms with van der Waals surface area (Å²) < 4.78 is 28.3. The van der Waals surface area contributed by atoms with Crippen LogP contribution in [0.2, 0.25) is 10.0 Å². The van der Waals surface area contributed by atoms with E-state index in [2.05, 4.69) is 13.0 Å². The third kappa shape index (κ3) is 6.64. The Hall–Kier alpha value is -4.06. The van der Waals surface area contributed by atoms with E-state index in [1.807, 2.05) is 25.1 Å². The summed E-state index contributed by atoms with van der Waals surface area (Å²) in [5.74, 6) is 0.762. The summed E-state index contributed by atoms with van der Waals surface area (Å²) in [7, 11) is 1.43. The van der Waals surface area contributed by atoms with Gasteiger partial charge in [-0.1, -0.05) is 55.1 Å². The van der Waals surface area contributed by atoms with Gasteiger partial charge < -0.3 is 29.4 Å². The summed E-state index contributed by atoms with van der Waals surface area (Å²) in [6, 6.07) is 15.5. The van der Waals surface area contributed by atoms with Gasteiger partial charge in [0.25, 0.3) is 0 Å². The van der Waals surface area contributed by atoms with Crippen molar-refractivity contribution >= 4 is 29.2 Å². The van der Waals surface area contributed by atoms with Gasteiger partial charge >= 0.3 is 5.97 Å². The highest BCUT2D eigenvalue weighted by Crippen LogP contribution is 2.45. The maximum absolute atomic E-state index is 12.9. The van der Waals surface area contributed by atoms with Crippen LogP contribution in [-0.2, 0) is 0 Å². The van der Waals surface area contributed by atoms with E-state index in [4.69, 9.17) is 52.6 Å². The molecule has 0 radical (unpaired) electrons. The fourth-order valence-electron chi connectivity index (χ4n) is 4.51. The van der Waals surface area contributed by atoms with Gasteiger partial charge in [0.15, 0.2) is 17.2 Å². The molecule has 1 aliphatic rings. The second kappa shape index (κ2) is 13.5. The highest BCUT2D eigenvalue weighted by atomic mass is 35.5. The van der Waals surface area contributed by atoms with Crippen LogP contribution in [0.1, 0.15) is 60.5 Å². The molecule has 10 heteroatoms. The number of allylic oxidation sites excluding steroid dienone is 1. The van der Waals surface area contributed by atoms with Gasteiger partial charge in [0.1, 0.15) is 23.1 Å². The summed E-state index contributed by atoms with van der Waals surface area (Å²) in [6.07, 6.45) is 3.12. The second-order valence-electron chi connectivity index (χ2n) is 9.18. The first-order chi connectivity index (χ1) is 19.8. The SMILES string of the molecule is CCCCCOc1ccc(C2C(C#N)=C(N)Oc3cc(OC(=O)c4cc(Cl)c(OC)c(Cl)c4)ccc32)cc1OCC. The molecule has 0 bridgehead atoms. The standard InChI is InChI=1S/C31H30Cl2N2O6/c1-4-6-7-12-39-25-11-8-18(15-27(25)38-5-2)28-21-10-9-20(16-26(21)41-30(35)22(28)17-34)40-31(36)19-13-23(32)29(37-3)24(33)14-19/h8-11,13-16,28H,4-7,12,35H2,1-3H3. The van der Waals surface area contributed by atoms with Crippen LogP contribution in [0.3, 0.4) is 0 Å². The molecule has 0 fully saturated rings. The minimum absolute atomic E-state index is 0.0416. The number of hydrogen-bond donors (Lipinski definition) is 1. The third-order valence-corrected chi connectivity index (χ3v) is 7.01. The molecule has 0 saturated heterocycles. The number of nitriles is 1. The first kappa shape index (κ1) is 29.9. The van der Waals surface area contributed by atoms with Crippen LogP contribution in [0.4, 0.5) is 0 Å². The lowest BCUT2D eigenvalue weighted by atomic mass is 9.83. The average Bonchev–Trinajstić information content (AvgIpc) is 2.95. The Morgan fingerprint density at radius 2 is 1.78 bits per heavy atom. The molecular weight excluding hydrogens is 567 g/mol. The minimum atomic E-state index is -0.680. The lowest BCUT2D eigenvalue weighted by molar-refractivity contribution is 0.0734. The zero-order valence-corrected chi connectivity index (χ0v) is 24.5. The third-order valence-electron chi connectivity index (χ3n) is 6.45. The van der Waals surface area contributed by atoms with Crippen molar-refractivity contribution in [2.24, 2.45) is 5.73 Å². The minimum Gasteiger partial charge on any atom is -0.494 e. The molecule has 8 nitrogen and oxygen atoms in total. The predicted octanol–water partition coefficient (Wildman–Crippen LogP) is 7.41. The molecule has 0 saturated carbocycles. The van der Waals surface area contributed by atoms with Gasteiger partial charge in [-0.3, -0.25) is 0 Å². The molecule has 1 unspecified atom stereocenters. The number of rotatable bonds is 11. The van der Waals surface area contributed by atoms with E-state index < -0.39 is 11.9 Å². The number of halogens is 2. The average molecular weight is 597 g/mol. The second-order valence-corrected chi connectivity index (χ2v) is 10.00. The van der Waals surface area contributed by atoms with E-state index in [0.717, 1.165) is 24.8 Å². The van der Waals surface area contributed by atoms with Crippen LogP contribution in [0.5, 0.6) is 28.7 Å². The quantitative estimate of drug-likeness (QED) is 0.138. The number of fused-ring (bicyclic) bond motifs is 1. The van der Waals surface area contributed by atoms with Gasteiger partial charge in [-0.25, -0.2) is 4.79 Å². The number of carbonyl (C=O) groups is 1. The Labute approximate surface area is 249 Å². The molecule has 1 atom stereocenters. The number of unbranched alkanes of at least 4 members (excludes halogenated alkanes) is 2. The highest BCUT2D eigenvalue weighted by Gasteiger charge is 2.32. The molecule has 1 aliphatic heterocycles. The van der Waals surface area contributed by atoms with E-state index >= 15 is 0 Å². The van der Waals surface area contributed by atoms with Crippen molar-refractivity contribution in [3.8, 4) is 34.8 Å². The number of benzene rings is 3. The number of nitrogens with two attached hydrogens (primary N) is 1. The van der Waals surface area contributed by atoms with Crippen molar-refractivity contribution in [3.05, 3.63) is 86.7 Å². The Kier molecular flexibility index (Phi) is 9.87.